The van der Waals surface area contributed by atoms with Crippen LogP contribution in [0.4, 0.5) is 0 Å². The van der Waals surface area contributed by atoms with Gasteiger partial charge in [0.15, 0.2) is 0 Å². The molecule has 0 radical (unpaired) electrons. The van der Waals surface area contributed by atoms with Crippen molar-refractivity contribution in [2.24, 2.45) is 11.1 Å². The Labute approximate surface area is 68.2 Å². The molecule has 0 heterocycles. The Kier molecular flexibility index (Phi) is 1.83. The molecule has 2 heteroatoms. The smallest absolute Gasteiger partial charge is 0.140 e. The van der Waals surface area contributed by atoms with Gasteiger partial charge in [0.25, 0.3) is 0 Å². The summed E-state index contributed by atoms with van der Waals surface area (Å²) in [6, 6.07) is 0. The molecule has 0 unspecified atom stereocenters. The lowest BCUT2D eigenvalue weighted by molar-refractivity contribution is -0.126. The van der Waals surface area contributed by atoms with Crippen LogP contribution >= 0.6 is 0 Å². The Balaban J connectivity index is 2.44. The molecule has 0 aromatic rings. The first-order valence-electron chi connectivity index (χ1n) is 4.16. The predicted molar refractivity (Wildman–Crippen MR) is 45.2 cm³/mol. The standard InChI is InChI=1S/C9H17NO/c1-8(2,3)7(11)6-9(10)4-5-9/h4-6,10H2,1-3H3. The topological polar surface area (TPSA) is 43.1 Å². The molecule has 0 spiro atoms. The highest BCUT2D eigenvalue weighted by atomic mass is 16.1. The number of rotatable bonds is 2. The van der Waals surface area contributed by atoms with Crippen LogP contribution in [0.2, 0.25) is 0 Å². The molecule has 0 aromatic heterocycles. The SMILES string of the molecule is CC(C)(C)C(=O)CC1(N)CC1. The molecular formula is C9H17NO. The summed E-state index contributed by atoms with van der Waals surface area (Å²) in [4.78, 5) is 11.4. The van der Waals surface area contributed by atoms with Gasteiger partial charge in [0, 0.05) is 17.4 Å². The summed E-state index contributed by atoms with van der Waals surface area (Å²) < 4.78 is 0. The summed E-state index contributed by atoms with van der Waals surface area (Å²) >= 11 is 0. The van der Waals surface area contributed by atoms with Crippen molar-refractivity contribution in [2.75, 3.05) is 0 Å². The zero-order valence-corrected chi connectivity index (χ0v) is 7.61. The quantitative estimate of drug-likeness (QED) is 0.656. The number of carbonyl (C=O) groups excluding carboxylic acids is 1. The lowest BCUT2D eigenvalue weighted by Gasteiger charge is -2.18. The van der Waals surface area contributed by atoms with E-state index in [1.54, 1.807) is 0 Å². The van der Waals surface area contributed by atoms with Gasteiger partial charge in [0.2, 0.25) is 0 Å². The highest BCUT2D eigenvalue weighted by Crippen LogP contribution is 2.37. The summed E-state index contributed by atoms with van der Waals surface area (Å²) in [5.74, 6) is 0.289. The Morgan fingerprint density at radius 2 is 1.91 bits per heavy atom. The van der Waals surface area contributed by atoms with Gasteiger partial charge in [0.05, 0.1) is 0 Å². The van der Waals surface area contributed by atoms with E-state index in [0.717, 1.165) is 12.8 Å². The molecule has 11 heavy (non-hydrogen) atoms. The number of Topliss-reactive ketones (excluding diaryl/α,β-unsaturated/α-hetero) is 1. The van der Waals surface area contributed by atoms with E-state index in [1.807, 2.05) is 20.8 Å². The van der Waals surface area contributed by atoms with Crippen LogP contribution in [-0.4, -0.2) is 11.3 Å². The number of hydrogen-bond acceptors (Lipinski definition) is 2. The third kappa shape index (κ3) is 2.29. The molecule has 1 saturated carbocycles. The summed E-state index contributed by atoms with van der Waals surface area (Å²) in [7, 11) is 0. The lowest BCUT2D eigenvalue weighted by Crippen LogP contribution is -2.31. The molecule has 0 aromatic carbocycles. The monoisotopic (exact) mass is 155 g/mol. The van der Waals surface area contributed by atoms with Gasteiger partial charge in [0.1, 0.15) is 5.78 Å². The molecule has 0 bridgehead atoms. The highest BCUT2D eigenvalue weighted by Gasteiger charge is 2.41. The summed E-state index contributed by atoms with van der Waals surface area (Å²) in [6.45, 7) is 5.84. The Morgan fingerprint density at radius 1 is 1.45 bits per heavy atom. The highest BCUT2D eigenvalue weighted by molar-refractivity contribution is 5.85. The van der Waals surface area contributed by atoms with Gasteiger partial charge in [-0.05, 0) is 12.8 Å². The number of ketones is 1. The van der Waals surface area contributed by atoms with Crippen LogP contribution in [0.3, 0.4) is 0 Å². The molecule has 2 N–H and O–H groups in total. The van der Waals surface area contributed by atoms with Crippen LogP contribution in [0, 0.1) is 5.41 Å². The van der Waals surface area contributed by atoms with Crippen molar-refractivity contribution in [3.8, 4) is 0 Å². The van der Waals surface area contributed by atoms with Gasteiger partial charge >= 0.3 is 0 Å². The van der Waals surface area contributed by atoms with Crippen LogP contribution in [0.5, 0.6) is 0 Å². The number of carbonyl (C=O) groups is 1. The Morgan fingerprint density at radius 3 is 2.18 bits per heavy atom. The minimum absolute atomic E-state index is 0.121. The summed E-state index contributed by atoms with van der Waals surface area (Å²) in [6.07, 6.45) is 2.61. The van der Waals surface area contributed by atoms with Crippen LogP contribution in [0.25, 0.3) is 0 Å². The van der Waals surface area contributed by atoms with Crippen molar-refractivity contribution in [3.63, 3.8) is 0 Å². The summed E-state index contributed by atoms with van der Waals surface area (Å²) in [5.41, 5.74) is 5.49. The average Bonchev–Trinajstić information content (AvgIpc) is 2.45. The Bertz CT molecular complexity index is 174. The minimum atomic E-state index is -0.213. The first kappa shape index (κ1) is 8.72. The van der Waals surface area contributed by atoms with Gasteiger partial charge in [-0.1, -0.05) is 20.8 Å². The lowest BCUT2D eigenvalue weighted by atomic mass is 9.86. The summed E-state index contributed by atoms with van der Waals surface area (Å²) in [5, 5.41) is 0. The molecule has 1 fully saturated rings. The molecule has 1 aliphatic carbocycles. The Hall–Kier alpha value is -0.370. The third-order valence-electron chi connectivity index (χ3n) is 2.24. The maximum atomic E-state index is 11.4. The molecular weight excluding hydrogens is 138 g/mol. The predicted octanol–water partition coefficient (Wildman–Crippen LogP) is 1.48. The molecule has 0 saturated heterocycles. The average molecular weight is 155 g/mol. The van der Waals surface area contributed by atoms with E-state index < -0.39 is 0 Å². The van der Waals surface area contributed by atoms with Gasteiger partial charge in [-0.2, -0.15) is 0 Å². The maximum absolute atomic E-state index is 11.4. The van der Waals surface area contributed by atoms with Crippen LogP contribution in [0.15, 0.2) is 0 Å². The van der Waals surface area contributed by atoms with Crippen molar-refractivity contribution < 1.29 is 4.79 Å². The fourth-order valence-corrected chi connectivity index (χ4v) is 0.922. The van der Waals surface area contributed by atoms with E-state index in [4.69, 9.17) is 5.73 Å². The van der Waals surface area contributed by atoms with Crippen LogP contribution in [0.1, 0.15) is 40.0 Å². The van der Waals surface area contributed by atoms with E-state index in [2.05, 4.69) is 0 Å². The van der Waals surface area contributed by atoms with Crippen molar-refractivity contribution in [3.05, 3.63) is 0 Å². The van der Waals surface area contributed by atoms with Gasteiger partial charge in [-0.3, -0.25) is 4.79 Å². The van der Waals surface area contributed by atoms with Crippen molar-refractivity contribution in [2.45, 2.75) is 45.6 Å². The fourth-order valence-electron chi connectivity index (χ4n) is 0.922. The van der Waals surface area contributed by atoms with Gasteiger partial charge in [-0.25, -0.2) is 0 Å². The van der Waals surface area contributed by atoms with E-state index in [1.165, 1.54) is 0 Å². The second-order valence-corrected chi connectivity index (χ2v) is 4.71. The fraction of sp³-hybridized carbons (Fsp3) is 0.889. The van der Waals surface area contributed by atoms with Crippen LogP contribution in [-0.2, 0) is 4.79 Å². The van der Waals surface area contributed by atoms with Crippen molar-refractivity contribution >= 4 is 5.78 Å². The minimum Gasteiger partial charge on any atom is -0.325 e. The normalized spacial score (nSPS) is 21.5. The molecule has 64 valence electrons. The zero-order chi connectivity index (χ0) is 8.70. The molecule has 0 amide bonds. The largest absolute Gasteiger partial charge is 0.325 e. The molecule has 1 aliphatic rings. The molecule has 2 nitrogen and oxygen atoms in total. The van der Waals surface area contributed by atoms with Crippen LogP contribution < -0.4 is 5.73 Å². The molecule has 0 atom stereocenters. The van der Waals surface area contributed by atoms with Crippen molar-refractivity contribution in [1.82, 2.24) is 0 Å². The van der Waals surface area contributed by atoms with Gasteiger partial charge in [-0.15, -0.1) is 0 Å². The van der Waals surface area contributed by atoms with Gasteiger partial charge < -0.3 is 5.73 Å². The maximum Gasteiger partial charge on any atom is 0.140 e. The van der Waals surface area contributed by atoms with E-state index in [-0.39, 0.29) is 16.7 Å². The zero-order valence-electron chi connectivity index (χ0n) is 7.61. The molecule has 1 rings (SSSR count). The van der Waals surface area contributed by atoms with E-state index >= 15 is 0 Å². The van der Waals surface area contributed by atoms with E-state index in [0.29, 0.717) is 6.42 Å². The first-order valence-corrected chi connectivity index (χ1v) is 4.16. The van der Waals surface area contributed by atoms with E-state index in [9.17, 15) is 4.79 Å². The van der Waals surface area contributed by atoms with Crippen molar-refractivity contribution in [1.29, 1.82) is 0 Å². The second kappa shape index (κ2) is 2.31. The third-order valence-corrected chi connectivity index (χ3v) is 2.24. The number of nitrogens with two attached hydrogens (primary N) is 1. The number of hydrogen-bond donors (Lipinski definition) is 1. The first-order chi connectivity index (χ1) is 4.83. The molecule has 0 aliphatic heterocycles. The second-order valence-electron chi connectivity index (χ2n) is 4.71.